The average molecular weight is 281 g/mol. The van der Waals surface area contributed by atoms with Gasteiger partial charge in [-0.3, -0.25) is 10.1 Å². The van der Waals surface area contributed by atoms with Gasteiger partial charge in [0.15, 0.2) is 5.84 Å². The minimum Gasteiger partial charge on any atom is -0.409 e. The van der Waals surface area contributed by atoms with Crippen molar-refractivity contribution < 1.29 is 10.1 Å². The predicted molar refractivity (Wildman–Crippen MR) is 76.2 cm³/mol. The Hall–Kier alpha value is -2.38. The summed E-state index contributed by atoms with van der Waals surface area (Å²) >= 11 is 0. The first kappa shape index (κ1) is 15.7. The Morgan fingerprint density at radius 1 is 1.60 bits per heavy atom. The molecule has 0 saturated heterocycles. The fraction of sp³-hybridized carbons (Fsp3) is 0.500. The smallest absolute Gasteiger partial charge is 0.312 e. The number of hydrogen-bond acceptors (Lipinski definition) is 6. The van der Waals surface area contributed by atoms with Gasteiger partial charge < -0.3 is 15.8 Å². The van der Waals surface area contributed by atoms with Gasteiger partial charge in [0.2, 0.25) is 5.82 Å². The van der Waals surface area contributed by atoms with Gasteiger partial charge in [-0.2, -0.15) is 0 Å². The van der Waals surface area contributed by atoms with Gasteiger partial charge in [-0.15, -0.1) is 0 Å². The van der Waals surface area contributed by atoms with Crippen LogP contribution >= 0.6 is 0 Å². The molecule has 1 rings (SSSR count). The Morgan fingerprint density at radius 3 is 2.85 bits per heavy atom. The number of anilines is 1. The van der Waals surface area contributed by atoms with Crippen LogP contribution in [0, 0.1) is 10.1 Å². The third kappa shape index (κ3) is 3.81. The van der Waals surface area contributed by atoms with Crippen molar-refractivity contribution in [2.45, 2.75) is 26.2 Å². The predicted octanol–water partition coefficient (Wildman–Crippen LogP) is 1.71. The van der Waals surface area contributed by atoms with Crippen LogP contribution in [0.25, 0.3) is 0 Å². The summed E-state index contributed by atoms with van der Waals surface area (Å²) in [5.41, 5.74) is 5.47. The number of amidine groups is 1. The maximum Gasteiger partial charge on any atom is 0.312 e. The van der Waals surface area contributed by atoms with Crippen LogP contribution in [0.1, 0.15) is 31.7 Å². The molecule has 0 spiro atoms. The van der Waals surface area contributed by atoms with Crippen molar-refractivity contribution in [3.05, 3.63) is 27.9 Å². The van der Waals surface area contributed by atoms with E-state index < -0.39 is 4.92 Å². The van der Waals surface area contributed by atoms with Gasteiger partial charge >= 0.3 is 5.69 Å². The third-order valence-electron chi connectivity index (χ3n) is 2.91. The van der Waals surface area contributed by atoms with Gasteiger partial charge in [0.05, 0.1) is 4.92 Å². The third-order valence-corrected chi connectivity index (χ3v) is 2.91. The highest BCUT2D eigenvalue weighted by Crippen LogP contribution is 2.25. The van der Waals surface area contributed by atoms with Crippen molar-refractivity contribution in [1.29, 1.82) is 0 Å². The second-order valence-corrected chi connectivity index (χ2v) is 4.44. The first-order chi connectivity index (χ1) is 9.51. The van der Waals surface area contributed by atoms with Crippen molar-refractivity contribution in [2.75, 3.05) is 18.5 Å². The second-order valence-electron chi connectivity index (χ2n) is 4.44. The van der Waals surface area contributed by atoms with Crippen LogP contribution < -0.4 is 10.6 Å². The van der Waals surface area contributed by atoms with Crippen molar-refractivity contribution >= 4 is 17.3 Å². The lowest BCUT2D eigenvalue weighted by atomic mass is 10.2. The van der Waals surface area contributed by atoms with E-state index in [1.165, 1.54) is 12.3 Å². The Balaban J connectivity index is 3.04. The minimum atomic E-state index is -0.521. The molecule has 0 aromatic carbocycles. The maximum atomic E-state index is 11.1. The van der Waals surface area contributed by atoms with Crippen LogP contribution in [0.4, 0.5) is 11.5 Å². The lowest BCUT2D eigenvalue weighted by molar-refractivity contribution is -0.384. The lowest BCUT2D eigenvalue weighted by Crippen LogP contribution is -2.22. The zero-order valence-corrected chi connectivity index (χ0v) is 11.6. The number of nitro groups is 1. The SMILES string of the molecule is CCCCCN(C)c1ncc(C(N)=NO)cc1[N+](=O)[O-]. The molecule has 8 heteroatoms. The van der Waals surface area contributed by atoms with E-state index in [2.05, 4.69) is 17.1 Å². The highest BCUT2D eigenvalue weighted by molar-refractivity contribution is 5.97. The summed E-state index contributed by atoms with van der Waals surface area (Å²) in [5, 5.41) is 22.5. The van der Waals surface area contributed by atoms with E-state index in [1.807, 2.05) is 0 Å². The minimum absolute atomic E-state index is 0.159. The maximum absolute atomic E-state index is 11.1. The largest absolute Gasteiger partial charge is 0.409 e. The number of oxime groups is 1. The number of rotatable bonds is 7. The molecule has 0 aliphatic rings. The molecule has 1 heterocycles. The first-order valence-electron chi connectivity index (χ1n) is 6.34. The van der Waals surface area contributed by atoms with Crippen LogP contribution in [-0.2, 0) is 0 Å². The van der Waals surface area contributed by atoms with Gasteiger partial charge in [-0.05, 0) is 6.42 Å². The van der Waals surface area contributed by atoms with E-state index >= 15 is 0 Å². The molecule has 8 nitrogen and oxygen atoms in total. The highest BCUT2D eigenvalue weighted by atomic mass is 16.6. The summed E-state index contributed by atoms with van der Waals surface area (Å²) in [7, 11) is 1.76. The monoisotopic (exact) mass is 281 g/mol. The number of hydrogen-bond donors (Lipinski definition) is 2. The zero-order chi connectivity index (χ0) is 15.1. The van der Waals surface area contributed by atoms with E-state index in [-0.39, 0.29) is 22.9 Å². The van der Waals surface area contributed by atoms with E-state index in [0.29, 0.717) is 6.54 Å². The van der Waals surface area contributed by atoms with Crippen LogP contribution in [0.15, 0.2) is 17.4 Å². The molecular formula is C12H19N5O3. The van der Waals surface area contributed by atoms with Gasteiger partial charge in [0, 0.05) is 31.4 Å². The van der Waals surface area contributed by atoms with Crippen LogP contribution in [0.2, 0.25) is 0 Å². The number of aromatic nitrogens is 1. The van der Waals surface area contributed by atoms with Crippen LogP contribution in [0.5, 0.6) is 0 Å². The molecule has 0 fully saturated rings. The molecule has 0 aliphatic heterocycles. The van der Waals surface area contributed by atoms with Crippen molar-refractivity contribution in [1.82, 2.24) is 4.98 Å². The summed E-state index contributed by atoms with van der Waals surface area (Å²) in [4.78, 5) is 16.4. The topological polar surface area (TPSA) is 118 Å². The van der Waals surface area contributed by atoms with Crippen LogP contribution in [0.3, 0.4) is 0 Å². The van der Waals surface area contributed by atoms with E-state index in [9.17, 15) is 10.1 Å². The van der Waals surface area contributed by atoms with Gasteiger partial charge in [-0.25, -0.2) is 4.98 Å². The Morgan fingerprint density at radius 2 is 2.30 bits per heavy atom. The Bertz CT molecular complexity index is 504. The quantitative estimate of drug-likeness (QED) is 0.196. The summed E-state index contributed by atoms with van der Waals surface area (Å²) < 4.78 is 0. The molecule has 1 aromatic rings. The molecule has 20 heavy (non-hydrogen) atoms. The molecule has 3 N–H and O–H groups in total. The molecule has 0 bridgehead atoms. The number of unbranched alkanes of at least 4 members (excludes halogenated alkanes) is 2. The van der Waals surface area contributed by atoms with E-state index in [0.717, 1.165) is 19.3 Å². The molecule has 0 unspecified atom stereocenters. The second kappa shape index (κ2) is 7.27. The van der Waals surface area contributed by atoms with Crippen molar-refractivity contribution in [3.8, 4) is 0 Å². The first-order valence-corrected chi connectivity index (χ1v) is 6.34. The fourth-order valence-corrected chi connectivity index (χ4v) is 1.78. The molecule has 1 aromatic heterocycles. The number of pyridine rings is 1. The lowest BCUT2D eigenvalue weighted by Gasteiger charge is -2.18. The van der Waals surface area contributed by atoms with E-state index in [4.69, 9.17) is 10.9 Å². The molecule has 0 radical (unpaired) electrons. The number of nitrogens with zero attached hydrogens (tertiary/aromatic N) is 4. The van der Waals surface area contributed by atoms with Gasteiger partial charge in [-0.1, -0.05) is 24.9 Å². The van der Waals surface area contributed by atoms with Crippen molar-refractivity contribution in [2.24, 2.45) is 10.9 Å². The molecular weight excluding hydrogens is 262 g/mol. The average Bonchev–Trinajstić information content (AvgIpc) is 2.45. The van der Waals surface area contributed by atoms with Gasteiger partial charge in [0.1, 0.15) is 0 Å². The standard InChI is InChI=1S/C12H19N5O3/c1-3-4-5-6-16(2)12-10(17(19)20)7-9(8-14-12)11(13)15-18/h7-8,18H,3-6H2,1-2H3,(H2,13,15). The zero-order valence-electron chi connectivity index (χ0n) is 11.6. The number of nitrogens with two attached hydrogens (primary N) is 1. The summed E-state index contributed by atoms with van der Waals surface area (Å²) in [6, 6.07) is 1.26. The van der Waals surface area contributed by atoms with E-state index in [1.54, 1.807) is 11.9 Å². The highest BCUT2D eigenvalue weighted by Gasteiger charge is 2.20. The molecule has 110 valence electrons. The summed E-state index contributed by atoms with van der Waals surface area (Å²) in [5.74, 6) is 0.0707. The Kier molecular flexibility index (Phi) is 5.70. The Labute approximate surface area is 117 Å². The molecule has 0 amide bonds. The summed E-state index contributed by atoms with van der Waals surface area (Å²) in [6.45, 7) is 2.77. The van der Waals surface area contributed by atoms with Gasteiger partial charge in [0.25, 0.3) is 0 Å². The molecule has 0 aliphatic carbocycles. The summed E-state index contributed by atoms with van der Waals surface area (Å²) in [6.07, 6.45) is 4.42. The van der Waals surface area contributed by atoms with Crippen molar-refractivity contribution in [3.63, 3.8) is 0 Å². The molecule has 0 saturated carbocycles. The van der Waals surface area contributed by atoms with Crippen LogP contribution in [-0.4, -0.2) is 34.5 Å². The molecule has 0 atom stereocenters. The normalized spacial score (nSPS) is 11.4. The fourth-order valence-electron chi connectivity index (χ4n) is 1.78.